The monoisotopic (exact) mass is 279 g/mol. The molecule has 0 unspecified atom stereocenters. The number of hydrogen-bond acceptors (Lipinski definition) is 5. The molecule has 0 spiro atoms. The molecule has 1 amide bonds. The Kier molecular flexibility index (Phi) is 4.42. The number of aromatic nitrogens is 2. The van der Waals surface area contributed by atoms with E-state index in [1.54, 1.807) is 17.2 Å². The fraction of sp³-hybridized carbons (Fsp3) is 0.643. The van der Waals surface area contributed by atoms with Crippen molar-refractivity contribution in [2.45, 2.75) is 45.3 Å². The van der Waals surface area contributed by atoms with E-state index >= 15 is 0 Å². The van der Waals surface area contributed by atoms with Crippen molar-refractivity contribution in [3.8, 4) is 5.88 Å². The van der Waals surface area contributed by atoms with Gasteiger partial charge >= 0.3 is 6.09 Å². The third kappa shape index (κ3) is 4.36. The van der Waals surface area contributed by atoms with E-state index in [0.29, 0.717) is 19.0 Å². The summed E-state index contributed by atoms with van der Waals surface area (Å²) in [5, 5.41) is 0. The summed E-state index contributed by atoms with van der Waals surface area (Å²) in [4.78, 5) is 21.6. The first-order chi connectivity index (χ1) is 9.44. The van der Waals surface area contributed by atoms with Crippen LogP contribution in [0.1, 0.15) is 33.6 Å². The minimum atomic E-state index is -0.475. The van der Waals surface area contributed by atoms with Crippen LogP contribution in [0, 0.1) is 0 Å². The third-order valence-electron chi connectivity index (χ3n) is 2.87. The maximum Gasteiger partial charge on any atom is 0.410 e. The highest BCUT2D eigenvalue weighted by atomic mass is 16.6. The van der Waals surface area contributed by atoms with Gasteiger partial charge in [-0.1, -0.05) is 0 Å². The zero-order valence-corrected chi connectivity index (χ0v) is 12.2. The van der Waals surface area contributed by atoms with Gasteiger partial charge in [-0.05, 0) is 33.6 Å². The summed E-state index contributed by atoms with van der Waals surface area (Å²) >= 11 is 0. The molecule has 1 aliphatic rings. The van der Waals surface area contributed by atoms with Crippen LogP contribution in [-0.4, -0.2) is 45.8 Å². The highest BCUT2D eigenvalue weighted by molar-refractivity contribution is 5.68. The standard InChI is InChI=1S/C14H21N3O3/c1-14(2,3)20-13(18)17-8-4-5-11(9-17)19-12-6-7-15-10-16-12/h6-7,10-11H,4-5,8-9H2,1-3H3/t11-/m1/s1. The maximum atomic E-state index is 12.0. The number of carbonyl (C=O) groups is 1. The summed E-state index contributed by atoms with van der Waals surface area (Å²) in [5.41, 5.74) is -0.475. The smallest absolute Gasteiger partial charge is 0.410 e. The zero-order chi connectivity index (χ0) is 14.6. The Morgan fingerprint density at radius 3 is 2.90 bits per heavy atom. The van der Waals surface area contributed by atoms with Gasteiger partial charge in [0.05, 0.1) is 6.54 Å². The summed E-state index contributed by atoms with van der Waals surface area (Å²) in [6.45, 7) is 6.83. The summed E-state index contributed by atoms with van der Waals surface area (Å²) in [5.74, 6) is 0.538. The van der Waals surface area contributed by atoms with Crippen LogP contribution in [0.2, 0.25) is 0 Å². The minimum absolute atomic E-state index is 0.0498. The molecule has 6 heteroatoms. The van der Waals surface area contributed by atoms with E-state index in [1.807, 2.05) is 20.8 Å². The molecule has 1 atom stereocenters. The molecule has 0 bridgehead atoms. The van der Waals surface area contributed by atoms with Gasteiger partial charge in [0.15, 0.2) is 0 Å². The van der Waals surface area contributed by atoms with Gasteiger partial charge in [-0.25, -0.2) is 14.8 Å². The van der Waals surface area contributed by atoms with E-state index in [9.17, 15) is 4.79 Å². The molecule has 1 aliphatic heterocycles. The largest absolute Gasteiger partial charge is 0.472 e. The number of piperidine rings is 1. The van der Waals surface area contributed by atoms with E-state index in [2.05, 4.69) is 9.97 Å². The van der Waals surface area contributed by atoms with Crippen molar-refractivity contribution in [3.05, 3.63) is 18.6 Å². The van der Waals surface area contributed by atoms with Crippen molar-refractivity contribution in [2.75, 3.05) is 13.1 Å². The molecule has 0 saturated carbocycles. The normalized spacial score (nSPS) is 19.6. The lowest BCUT2D eigenvalue weighted by Gasteiger charge is -2.33. The first kappa shape index (κ1) is 14.6. The quantitative estimate of drug-likeness (QED) is 0.830. The van der Waals surface area contributed by atoms with Crippen LogP contribution in [0.4, 0.5) is 4.79 Å². The fourth-order valence-electron chi connectivity index (χ4n) is 2.05. The van der Waals surface area contributed by atoms with Crippen molar-refractivity contribution in [3.63, 3.8) is 0 Å². The Morgan fingerprint density at radius 2 is 2.25 bits per heavy atom. The Morgan fingerprint density at radius 1 is 1.45 bits per heavy atom. The Balaban J connectivity index is 1.90. The molecule has 1 saturated heterocycles. The van der Waals surface area contributed by atoms with E-state index in [4.69, 9.17) is 9.47 Å². The first-order valence-corrected chi connectivity index (χ1v) is 6.84. The molecular weight excluding hydrogens is 258 g/mol. The molecule has 1 fully saturated rings. The van der Waals surface area contributed by atoms with Crippen LogP contribution >= 0.6 is 0 Å². The topological polar surface area (TPSA) is 64.5 Å². The lowest BCUT2D eigenvalue weighted by atomic mass is 10.1. The number of amides is 1. The zero-order valence-electron chi connectivity index (χ0n) is 12.2. The highest BCUT2D eigenvalue weighted by Crippen LogP contribution is 2.18. The molecule has 2 rings (SSSR count). The molecule has 0 radical (unpaired) electrons. The van der Waals surface area contributed by atoms with E-state index in [-0.39, 0.29) is 12.2 Å². The van der Waals surface area contributed by atoms with Gasteiger partial charge in [0, 0.05) is 18.8 Å². The molecular formula is C14H21N3O3. The number of nitrogens with zero attached hydrogens (tertiary/aromatic N) is 3. The minimum Gasteiger partial charge on any atom is -0.472 e. The number of likely N-dealkylation sites (tertiary alicyclic amines) is 1. The molecule has 110 valence electrons. The van der Waals surface area contributed by atoms with Crippen molar-refractivity contribution in [2.24, 2.45) is 0 Å². The predicted molar refractivity (Wildman–Crippen MR) is 73.5 cm³/mol. The van der Waals surface area contributed by atoms with Gasteiger partial charge in [0.2, 0.25) is 5.88 Å². The second-order valence-corrected chi connectivity index (χ2v) is 5.86. The van der Waals surface area contributed by atoms with Gasteiger partial charge in [0.25, 0.3) is 0 Å². The SMILES string of the molecule is CC(C)(C)OC(=O)N1CCC[C@@H](Oc2ccncn2)C1. The number of rotatable bonds is 2. The lowest BCUT2D eigenvalue weighted by molar-refractivity contribution is 0.00720. The van der Waals surface area contributed by atoms with Crippen LogP contribution in [0.15, 0.2) is 18.6 Å². The van der Waals surface area contributed by atoms with Gasteiger partial charge in [-0.3, -0.25) is 0 Å². The second kappa shape index (κ2) is 6.07. The van der Waals surface area contributed by atoms with Gasteiger partial charge in [-0.15, -0.1) is 0 Å². The van der Waals surface area contributed by atoms with Gasteiger partial charge < -0.3 is 14.4 Å². The Hall–Kier alpha value is -1.85. The molecule has 0 N–H and O–H groups in total. The first-order valence-electron chi connectivity index (χ1n) is 6.84. The molecule has 2 heterocycles. The Labute approximate surface area is 119 Å². The number of carbonyl (C=O) groups excluding carboxylic acids is 1. The maximum absolute atomic E-state index is 12.0. The number of hydrogen-bond donors (Lipinski definition) is 0. The summed E-state index contributed by atoms with van der Waals surface area (Å²) in [7, 11) is 0. The van der Waals surface area contributed by atoms with Crippen LogP contribution in [0.5, 0.6) is 5.88 Å². The van der Waals surface area contributed by atoms with Crippen molar-refractivity contribution < 1.29 is 14.3 Å². The van der Waals surface area contributed by atoms with Crippen LogP contribution < -0.4 is 4.74 Å². The average molecular weight is 279 g/mol. The number of ether oxygens (including phenoxy) is 2. The van der Waals surface area contributed by atoms with Crippen molar-refractivity contribution >= 4 is 6.09 Å². The van der Waals surface area contributed by atoms with Gasteiger partial charge in [-0.2, -0.15) is 0 Å². The predicted octanol–water partition coefficient (Wildman–Crippen LogP) is 2.25. The second-order valence-electron chi connectivity index (χ2n) is 5.86. The molecule has 0 aliphatic carbocycles. The molecule has 0 aromatic carbocycles. The molecule has 6 nitrogen and oxygen atoms in total. The third-order valence-corrected chi connectivity index (χ3v) is 2.87. The average Bonchev–Trinajstić information content (AvgIpc) is 2.38. The Bertz CT molecular complexity index is 445. The van der Waals surface area contributed by atoms with Crippen LogP contribution in [0.25, 0.3) is 0 Å². The highest BCUT2D eigenvalue weighted by Gasteiger charge is 2.28. The summed E-state index contributed by atoms with van der Waals surface area (Å²) in [6.07, 6.45) is 4.55. The summed E-state index contributed by atoms with van der Waals surface area (Å²) in [6, 6.07) is 1.71. The van der Waals surface area contributed by atoms with E-state index in [1.165, 1.54) is 6.33 Å². The molecule has 1 aromatic heterocycles. The van der Waals surface area contributed by atoms with Gasteiger partial charge in [0.1, 0.15) is 18.0 Å². The van der Waals surface area contributed by atoms with Crippen molar-refractivity contribution in [1.29, 1.82) is 0 Å². The van der Waals surface area contributed by atoms with Crippen molar-refractivity contribution in [1.82, 2.24) is 14.9 Å². The molecule has 20 heavy (non-hydrogen) atoms. The van der Waals surface area contributed by atoms with E-state index in [0.717, 1.165) is 12.8 Å². The molecule has 1 aromatic rings. The van der Waals surface area contributed by atoms with E-state index < -0.39 is 5.60 Å². The summed E-state index contributed by atoms with van der Waals surface area (Å²) < 4.78 is 11.1. The lowest BCUT2D eigenvalue weighted by Crippen LogP contribution is -2.46. The van der Waals surface area contributed by atoms with Crippen LogP contribution in [-0.2, 0) is 4.74 Å². The fourth-order valence-corrected chi connectivity index (χ4v) is 2.05. The van der Waals surface area contributed by atoms with Crippen LogP contribution in [0.3, 0.4) is 0 Å².